The molecule has 0 amide bonds. The number of anilines is 1. The third kappa shape index (κ3) is 3.38. The lowest BCUT2D eigenvalue weighted by Crippen LogP contribution is -2.28. The van der Waals surface area contributed by atoms with Gasteiger partial charge in [0.1, 0.15) is 0 Å². The number of nitrogens with zero attached hydrogens (tertiary/aromatic N) is 1. The average Bonchev–Trinajstić information content (AvgIpc) is 2.45. The van der Waals surface area contributed by atoms with E-state index in [0.717, 1.165) is 11.3 Å². The molecule has 3 nitrogen and oxygen atoms in total. The van der Waals surface area contributed by atoms with Crippen molar-refractivity contribution in [3.63, 3.8) is 0 Å². The molecule has 0 radical (unpaired) electrons. The van der Waals surface area contributed by atoms with Gasteiger partial charge in [-0.3, -0.25) is 4.79 Å². The maximum atomic E-state index is 11.5. The number of aliphatic carboxylic acids is 1. The fraction of sp³-hybridized carbons (Fsp3) is 0.235. The van der Waals surface area contributed by atoms with Crippen LogP contribution in [0, 0.1) is 6.92 Å². The lowest BCUT2D eigenvalue weighted by atomic mass is 9.98. The predicted molar refractivity (Wildman–Crippen MR) is 81.3 cm³/mol. The minimum absolute atomic E-state index is 0.447. The fourth-order valence-corrected chi connectivity index (χ4v) is 2.26. The highest BCUT2D eigenvalue weighted by Gasteiger charge is 2.21. The summed E-state index contributed by atoms with van der Waals surface area (Å²) in [7, 11) is 1.92. The Balaban J connectivity index is 2.19. The zero-order valence-electron chi connectivity index (χ0n) is 11.8. The second-order valence-electron chi connectivity index (χ2n) is 5.02. The summed E-state index contributed by atoms with van der Waals surface area (Å²) in [5.74, 6) is -1.32. The van der Waals surface area contributed by atoms with Crippen LogP contribution in [0.25, 0.3) is 0 Å². The van der Waals surface area contributed by atoms with Gasteiger partial charge in [0, 0.05) is 19.3 Å². The number of benzene rings is 2. The van der Waals surface area contributed by atoms with Gasteiger partial charge < -0.3 is 10.0 Å². The van der Waals surface area contributed by atoms with E-state index in [4.69, 9.17) is 0 Å². The van der Waals surface area contributed by atoms with E-state index in [9.17, 15) is 9.90 Å². The molecule has 0 aliphatic heterocycles. The van der Waals surface area contributed by atoms with Crippen molar-refractivity contribution in [1.82, 2.24) is 0 Å². The van der Waals surface area contributed by atoms with E-state index < -0.39 is 11.9 Å². The van der Waals surface area contributed by atoms with Crippen LogP contribution in [-0.2, 0) is 4.79 Å². The van der Waals surface area contributed by atoms with Crippen LogP contribution >= 0.6 is 0 Å². The van der Waals surface area contributed by atoms with Crippen molar-refractivity contribution < 1.29 is 9.90 Å². The molecule has 0 saturated carbocycles. The van der Waals surface area contributed by atoms with Crippen molar-refractivity contribution in [2.75, 3.05) is 18.5 Å². The molecule has 2 aromatic carbocycles. The molecule has 0 aliphatic carbocycles. The van der Waals surface area contributed by atoms with Crippen LogP contribution in [0.1, 0.15) is 17.0 Å². The van der Waals surface area contributed by atoms with Crippen LogP contribution in [0.5, 0.6) is 0 Å². The highest BCUT2D eigenvalue weighted by Crippen LogP contribution is 2.21. The van der Waals surface area contributed by atoms with Crippen molar-refractivity contribution in [2.24, 2.45) is 0 Å². The first-order valence-electron chi connectivity index (χ1n) is 6.63. The number of carboxylic acid groups (broad SMARTS) is 1. The molecule has 0 spiro atoms. The Bertz CT molecular complexity index is 581. The minimum Gasteiger partial charge on any atom is -0.481 e. The summed E-state index contributed by atoms with van der Waals surface area (Å²) in [6.07, 6.45) is 0. The molecule has 1 atom stereocenters. The monoisotopic (exact) mass is 269 g/mol. The molecule has 0 aromatic heterocycles. The van der Waals surface area contributed by atoms with E-state index in [1.807, 2.05) is 67.4 Å². The smallest absolute Gasteiger partial charge is 0.312 e. The van der Waals surface area contributed by atoms with Gasteiger partial charge in [0.15, 0.2) is 0 Å². The highest BCUT2D eigenvalue weighted by atomic mass is 16.4. The van der Waals surface area contributed by atoms with Gasteiger partial charge in [-0.05, 0) is 30.2 Å². The lowest BCUT2D eigenvalue weighted by Gasteiger charge is -2.24. The molecule has 0 saturated heterocycles. The molecule has 0 aliphatic rings. The topological polar surface area (TPSA) is 40.5 Å². The third-order valence-electron chi connectivity index (χ3n) is 3.40. The van der Waals surface area contributed by atoms with Gasteiger partial charge in [0.05, 0.1) is 5.92 Å². The Kier molecular flexibility index (Phi) is 4.41. The van der Waals surface area contributed by atoms with Crippen LogP contribution in [0.4, 0.5) is 5.69 Å². The molecule has 0 bridgehead atoms. The second kappa shape index (κ2) is 6.24. The van der Waals surface area contributed by atoms with Gasteiger partial charge in [-0.25, -0.2) is 0 Å². The Hall–Kier alpha value is -2.29. The van der Waals surface area contributed by atoms with E-state index in [2.05, 4.69) is 6.07 Å². The van der Waals surface area contributed by atoms with Crippen LogP contribution in [0.2, 0.25) is 0 Å². The van der Waals surface area contributed by atoms with E-state index >= 15 is 0 Å². The largest absolute Gasteiger partial charge is 0.481 e. The number of carbonyl (C=O) groups is 1. The highest BCUT2D eigenvalue weighted by molar-refractivity contribution is 5.77. The summed E-state index contributed by atoms with van der Waals surface area (Å²) in [5, 5.41) is 9.45. The van der Waals surface area contributed by atoms with Crippen molar-refractivity contribution in [3.05, 3.63) is 65.7 Å². The molecule has 0 fully saturated rings. The first kappa shape index (κ1) is 14.1. The van der Waals surface area contributed by atoms with E-state index in [1.165, 1.54) is 5.56 Å². The summed E-state index contributed by atoms with van der Waals surface area (Å²) in [4.78, 5) is 13.5. The summed E-state index contributed by atoms with van der Waals surface area (Å²) >= 11 is 0. The zero-order chi connectivity index (χ0) is 14.5. The van der Waals surface area contributed by atoms with Gasteiger partial charge in [-0.15, -0.1) is 0 Å². The fourth-order valence-electron chi connectivity index (χ4n) is 2.26. The van der Waals surface area contributed by atoms with Crippen molar-refractivity contribution in [2.45, 2.75) is 12.8 Å². The number of hydrogen-bond donors (Lipinski definition) is 1. The average molecular weight is 269 g/mol. The van der Waals surface area contributed by atoms with Crippen LogP contribution in [-0.4, -0.2) is 24.7 Å². The maximum Gasteiger partial charge on any atom is 0.312 e. The third-order valence-corrected chi connectivity index (χ3v) is 3.40. The molecule has 2 aromatic rings. The predicted octanol–water partition coefficient (Wildman–Crippen LogP) is 3.30. The number of likely N-dealkylation sites (N-methyl/N-ethyl adjacent to an activating group) is 1. The summed E-state index contributed by atoms with van der Waals surface area (Å²) < 4.78 is 0. The van der Waals surface area contributed by atoms with Gasteiger partial charge in [-0.1, -0.05) is 42.5 Å². The summed E-state index contributed by atoms with van der Waals surface area (Å²) in [6, 6.07) is 17.4. The van der Waals surface area contributed by atoms with E-state index in [0.29, 0.717) is 6.54 Å². The SMILES string of the molecule is Cc1cccc(N(C)CC(C(=O)O)c2ccccc2)c1. The van der Waals surface area contributed by atoms with Crippen molar-refractivity contribution >= 4 is 11.7 Å². The van der Waals surface area contributed by atoms with Gasteiger partial charge in [0.25, 0.3) is 0 Å². The van der Waals surface area contributed by atoms with Crippen molar-refractivity contribution in [1.29, 1.82) is 0 Å². The molecule has 104 valence electrons. The molecule has 1 N–H and O–H groups in total. The molecule has 20 heavy (non-hydrogen) atoms. The minimum atomic E-state index is -0.796. The Morgan fingerprint density at radius 3 is 2.45 bits per heavy atom. The number of aryl methyl sites for hydroxylation is 1. The van der Waals surface area contributed by atoms with Crippen molar-refractivity contribution in [3.8, 4) is 0 Å². The van der Waals surface area contributed by atoms with Crippen LogP contribution in [0.15, 0.2) is 54.6 Å². The first-order chi connectivity index (χ1) is 9.58. The Morgan fingerprint density at radius 1 is 1.15 bits per heavy atom. The van der Waals surface area contributed by atoms with Crippen LogP contribution < -0.4 is 4.90 Å². The summed E-state index contributed by atoms with van der Waals surface area (Å²) in [5.41, 5.74) is 3.03. The summed E-state index contributed by atoms with van der Waals surface area (Å²) in [6.45, 7) is 2.48. The molecular formula is C17H19NO2. The van der Waals surface area contributed by atoms with Gasteiger partial charge in [-0.2, -0.15) is 0 Å². The molecule has 0 heterocycles. The Morgan fingerprint density at radius 2 is 1.85 bits per heavy atom. The normalized spacial score (nSPS) is 11.9. The first-order valence-corrected chi connectivity index (χ1v) is 6.63. The number of carboxylic acids is 1. The zero-order valence-corrected chi connectivity index (χ0v) is 11.8. The number of hydrogen-bond acceptors (Lipinski definition) is 2. The second-order valence-corrected chi connectivity index (χ2v) is 5.02. The number of rotatable bonds is 5. The quantitative estimate of drug-likeness (QED) is 0.905. The maximum absolute atomic E-state index is 11.5. The van der Waals surface area contributed by atoms with Gasteiger partial charge in [0.2, 0.25) is 0 Å². The van der Waals surface area contributed by atoms with Gasteiger partial charge >= 0.3 is 5.97 Å². The van der Waals surface area contributed by atoms with Crippen LogP contribution in [0.3, 0.4) is 0 Å². The molecule has 1 unspecified atom stereocenters. The standard InChI is InChI=1S/C17H19NO2/c1-13-7-6-10-15(11-13)18(2)12-16(17(19)20)14-8-4-3-5-9-14/h3-11,16H,12H2,1-2H3,(H,19,20). The molecule has 3 heteroatoms. The van der Waals surface area contributed by atoms with E-state index in [-0.39, 0.29) is 0 Å². The Labute approximate surface area is 119 Å². The lowest BCUT2D eigenvalue weighted by molar-refractivity contribution is -0.138. The van der Waals surface area contributed by atoms with E-state index in [1.54, 1.807) is 0 Å². The molecule has 2 rings (SSSR count). The molecular weight excluding hydrogens is 250 g/mol.